The Morgan fingerprint density at radius 1 is 1.00 bits per heavy atom. The molecule has 2 rings (SSSR count). The Labute approximate surface area is 129 Å². The second-order valence-corrected chi connectivity index (χ2v) is 5.95. The zero-order valence-corrected chi connectivity index (χ0v) is 13.6. The van der Waals surface area contributed by atoms with E-state index in [0.717, 1.165) is 21.3 Å². The molecule has 0 heterocycles. The quantitative estimate of drug-likeness (QED) is 0.887. The third kappa shape index (κ3) is 3.22. The molecule has 0 radical (unpaired) electrons. The van der Waals surface area contributed by atoms with Gasteiger partial charge in [0.05, 0.1) is 12.1 Å². The smallest absolute Gasteiger partial charge is 0.124 e. The van der Waals surface area contributed by atoms with Gasteiger partial charge in [0.15, 0.2) is 0 Å². The molecule has 0 aliphatic carbocycles. The van der Waals surface area contributed by atoms with Gasteiger partial charge in [0.2, 0.25) is 0 Å². The lowest BCUT2D eigenvalue weighted by Gasteiger charge is -2.20. The van der Waals surface area contributed by atoms with Crippen LogP contribution in [-0.2, 0) is 0 Å². The largest absolute Gasteiger partial charge is 0.491 e. The number of halogens is 1. The van der Waals surface area contributed by atoms with Gasteiger partial charge >= 0.3 is 0 Å². The first-order valence-electron chi connectivity index (χ1n) is 6.77. The van der Waals surface area contributed by atoms with Gasteiger partial charge in [-0.05, 0) is 38.0 Å². The topological polar surface area (TPSA) is 35.2 Å². The predicted octanol–water partition coefficient (Wildman–Crippen LogP) is 4.59. The predicted molar refractivity (Wildman–Crippen MR) is 87.1 cm³/mol. The first-order valence-corrected chi connectivity index (χ1v) is 7.56. The van der Waals surface area contributed by atoms with Gasteiger partial charge < -0.3 is 10.5 Å². The molecule has 2 N–H and O–H groups in total. The van der Waals surface area contributed by atoms with Crippen molar-refractivity contribution in [1.82, 2.24) is 0 Å². The molecule has 3 heteroatoms. The number of para-hydroxylation sites is 1. The minimum Gasteiger partial charge on any atom is -0.491 e. The number of hydrogen-bond acceptors (Lipinski definition) is 2. The van der Waals surface area contributed by atoms with Gasteiger partial charge in [0.25, 0.3) is 0 Å². The minimum atomic E-state index is -0.209. The molecule has 0 saturated heterocycles. The Morgan fingerprint density at radius 3 is 2.35 bits per heavy atom. The molecular formula is C17H20BrNO. The first-order chi connectivity index (χ1) is 9.50. The van der Waals surface area contributed by atoms with E-state index in [1.807, 2.05) is 50.2 Å². The molecule has 1 unspecified atom stereocenters. The zero-order valence-electron chi connectivity index (χ0n) is 12.1. The molecule has 106 valence electrons. The summed E-state index contributed by atoms with van der Waals surface area (Å²) in [5, 5.41) is 0. The summed E-state index contributed by atoms with van der Waals surface area (Å²) in [4.78, 5) is 0. The maximum atomic E-state index is 6.45. The normalized spacial score (nSPS) is 12.5. The molecule has 0 fully saturated rings. The van der Waals surface area contributed by atoms with Crippen LogP contribution in [-0.4, -0.2) is 6.10 Å². The Balaban J connectivity index is 2.43. The summed E-state index contributed by atoms with van der Waals surface area (Å²) < 4.78 is 6.92. The number of hydrogen-bond donors (Lipinski definition) is 1. The number of aryl methyl sites for hydroxylation is 1. The summed E-state index contributed by atoms with van der Waals surface area (Å²) in [5.74, 6) is 0.850. The van der Waals surface area contributed by atoms with Crippen molar-refractivity contribution in [2.24, 2.45) is 5.73 Å². The molecule has 2 aromatic carbocycles. The van der Waals surface area contributed by atoms with Gasteiger partial charge in [0.1, 0.15) is 5.75 Å². The maximum Gasteiger partial charge on any atom is 0.124 e. The van der Waals surface area contributed by atoms with E-state index in [1.54, 1.807) is 0 Å². The maximum absolute atomic E-state index is 6.45. The lowest BCUT2D eigenvalue weighted by Crippen LogP contribution is -2.16. The molecule has 0 aromatic heterocycles. The van der Waals surface area contributed by atoms with Crippen molar-refractivity contribution in [2.75, 3.05) is 0 Å². The van der Waals surface area contributed by atoms with Crippen LogP contribution in [0.3, 0.4) is 0 Å². The van der Waals surface area contributed by atoms with Crippen LogP contribution in [0.25, 0.3) is 0 Å². The SMILES string of the molecule is Cc1cccc(C(N)c2ccccc2OC(C)C)c1Br. The van der Waals surface area contributed by atoms with Gasteiger partial charge in [-0.3, -0.25) is 0 Å². The van der Waals surface area contributed by atoms with Crippen LogP contribution in [0.4, 0.5) is 0 Å². The minimum absolute atomic E-state index is 0.129. The molecule has 0 aliphatic rings. The lowest BCUT2D eigenvalue weighted by molar-refractivity contribution is 0.239. The van der Waals surface area contributed by atoms with E-state index in [2.05, 4.69) is 28.9 Å². The molecule has 1 atom stereocenters. The fourth-order valence-electron chi connectivity index (χ4n) is 2.18. The van der Waals surface area contributed by atoms with Gasteiger partial charge in [-0.2, -0.15) is 0 Å². The average Bonchev–Trinajstić information content (AvgIpc) is 2.41. The monoisotopic (exact) mass is 333 g/mol. The Kier molecular flexibility index (Phi) is 4.84. The van der Waals surface area contributed by atoms with Crippen molar-refractivity contribution < 1.29 is 4.74 Å². The Bertz CT molecular complexity index is 595. The second-order valence-electron chi connectivity index (χ2n) is 5.16. The van der Waals surface area contributed by atoms with Crippen LogP contribution in [0.5, 0.6) is 5.75 Å². The van der Waals surface area contributed by atoms with E-state index >= 15 is 0 Å². The summed E-state index contributed by atoms with van der Waals surface area (Å²) in [7, 11) is 0. The standard InChI is InChI=1S/C17H20BrNO/c1-11(2)20-15-10-5-4-8-13(15)17(19)14-9-6-7-12(3)16(14)18/h4-11,17H,19H2,1-3H3. The second kappa shape index (κ2) is 6.42. The molecule has 0 spiro atoms. The third-order valence-corrected chi connectivity index (χ3v) is 4.26. The molecule has 0 amide bonds. The van der Waals surface area contributed by atoms with Crippen LogP contribution < -0.4 is 10.5 Å². The highest BCUT2D eigenvalue weighted by molar-refractivity contribution is 9.10. The van der Waals surface area contributed by atoms with Gasteiger partial charge in [-0.25, -0.2) is 0 Å². The van der Waals surface area contributed by atoms with E-state index in [4.69, 9.17) is 10.5 Å². The van der Waals surface area contributed by atoms with Crippen molar-refractivity contribution in [3.63, 3.8) is 0 Å². The molecule has 2 aromatic rings. The molecule has 20 heavy (non-hydrogen) atoms. The van der Waals surface area contributed by atoms with Crippen LogP contribution in [0.15, 0.2) is 46.9 Å². The Hall–Kier alpha value is -1.32. The number of benzene rings is 2. The average molecular weight is 334 g/mol. The third-order valence-electron chi connectivity index (χ3n) is 3.17. The van der Waals surface area contributed by atoms with E-state index < -0.39 is 0 Å². The van der Waals surface area contributed by atoms with E-state index in [-0.39, 0.29) is 12.1 Å². The highest BCUT2D eigenvalue weighted by atomic mass is 79.9. The van der Waals surface area contributed by atoms with E-state index in [9.17, 15) is 0 Å². The zero-order chi connectivity index (χ0) is 14.7. The van der Waals surface area contributed by atoms with Crippen molar-refractivity contribution in [1.29, 1.82) is 0 Å². The molecule has 0 bridgehead atoms. The fourth-order valence-corrected chi connectivity index (χ4v) is 2.69. The molecule has 2 nitrogen and oxygen atoms in total. The highest BCUT2D eigenvalue weighted by Gasteiger charge is 2.17. The van der Waals surface area contributed by atoms with Gasteiger partial charge in [-0.15, -0.1) is 0 Å². The number of ether oxygens (including phenoxy) is 1. The van der Waals surface area contributed by atoms with E-state index in [0.29, 0.717) is 0 Å². The summed E-state index contributed by atoms with van der Waals surface area (Å²) >= 11 is 3.63. The summed E-state index contributed by atoms with van der Waals surface area (Å²) in [6.07, 6.45) is 0.129. The van der Waals surface area contributed by atoms with Crippen LogP contribution in [0.1, 0.15) is 36.6 Å². The van der Waals surface area contributed by atoms with Crippen LogP contribution >= 0.6 is 15.9 Å². The highest BCUT2D eigenvalue weighted by Crippen LogP contribution is 2.33. The van der Waals surface area contributed by atoms with Gasteiger partial charge in [0, 0.05) is 10.0 Å². The molecule has 0 aliphatic heterocycles. The van der Waals surface area contributed by atoms with Crippen molar-refractivity contribution >= 4 is 15.9 Å². The summed E-state index contributed by atoms with van der Waals surface area (Å²) in [5.41, 5.74) is 9.71. The van der Waals surface area contributed by atoms with Crippen molar-refractivity contribution in [2.45, 2.75) is 32.9 Å². The number of rotatable bonds is 4. The Morgan fingerprint density at radius 2 is 1.65 bits per heavy atom. The van der Waals surface area contributed by atoms with Crippen molar-refractivity contribution in [3.05, 3.63) is 63.6 Å². The molecule has 0 saturated carbocycles. The summed E-state index contributed by atoms with van der Waals surface area (Å²) in [6.45, 7) is 6.10. The lowest BCUT2D eigenvalue weighted by atomic mass is 9.97. The van der Waals surface area contributed by atoms with Crippen molar-refractivity contribution in [3.8, 4) is 5.75 Å². The number of nitrogens with two attached hydrogens (primary N) is 1. The summed E-state index contributed by atoms with van der Waals surface area (Å²) in [6, 6.07) is 13.9. The molecular weight excluding hydrogens is 314 g/mol. The fraction of sp³-hybridized carbons (Fsp3) is 0.294. The van der Waals surface area contributed by atoms with Crippen LogP contribution in [0, 0.1) is 6.92 Å². The first kappa shape index (κ1) is 15.1. The van der Waals surface area contributed by atoms with Crippen LogP contribution in [0.2, 0.25) is 0 Å². The van der Waals surface area contributed by atoms with Gasteiger partial charge in [-0.1, -0.05) is 52.3 Å². The van der Waals surface area contributed by atoms with E-state index in [1.165, 1.54) is 5.56 Å².